The molecule has 0 saturated heterocycles. The number of benzene rings is 4. The Morgan fingerprint density at radius 3 is 2.15 bits per heavy atom. The maximum atomic E-state index is 13.8. The Kier molecular flexibility index (Phi) is 8.07. The highest BCUT2D eigenvalue weighted by Crippen LogP contribution is 2.41. The number of methoxy groups -OCH3 is 2. The van der Waals surface area contributed by atoms with Crippen LogP contribution in [0.25, 0.3) is 0 Å². The third-order valence-electron chi connectivity index (χ3n) is 6.34. The van der Waals surface area contributed by atoms with Crippen LogP contribution >= 0.6 is 11.8 Å². The van der Waals surface area contributed by atoms with Crippen molar-refractivity contribution in [3.8, 4) is 11.5 Å². The average Bonchev–Trinajstić information content (AvgIpc) is 3.22. The summed E-state index contributed by atoms with van der Waals surface area (Å²) in [6.45, 7) is 1.88. The molecule has 0 unspecified atom stereocenters. The molecule has 3 amide bonds. The number of imide groups is 1. The highest BCUT2D eigenvalue weighted by Gasteiger charge is 2.41. The summed E-state index contributed by atoms with van der Waals surface area (Å²) >= 11 is 1.17. The summed E-state index contributed by atoms with van der Waals surface area (Å²) in [5, 5.41) is 6.01. The van der Waals surface area contributed by atoms with Crippen molar-refractivity contribution in [1.29, 1.82) is 0 Å². The number of aryl methyl sites for hydroxylation is 1. The molecule has 0 aromatic heterocycles. The van der Waals surface area contributed by atoms with E-state index in [1.807, 2.05) is 43.3 Å². The van der Waals surface area contributed by atoms with Gasteiger partial charge in [0.15, 0.2) is 0 Å². The number of carbonyl (C=O) groups excluding carboxylic acids is 3. The SMILES string of the molecule is COc1ccc(C(=O)Nc2ccc(SC3=C(Nc4ccccc4)C(=O)N(c4cc(C)ccc4OC)C3=O)cc2)cc1. The van der Waals surface area contributed by atoms with E-state index < -0.39 is 11.8 Å². The van der Waals surface area contributed by atoms with E-state index in [0.717, 1.165) is 10.5 Å². The predicted octanol–water partition coefficient (Wildman–Crippen LogP) is 6.25. The van der Waals surface area contributed by atoms with Crippen molar-refractivity contribution in [2.75, 3.05) is 29.8 Å². The molecule has 4 aromatic carbocycles. The van der Waals surface area contributed by atoms with Gasteiger partial charge in [-0.2, -0.15) is 0 Å². The molecular weight excluding hydrogens is 538 g/mol. The van der Waals surface area contributed by atoms with Crippen molar-refractivity contribution in [3.63, 3.8) is 0 Å². The minimum atomic E-state index is -0.478. The lowest BCUT2D eigenvalue weighted by Gasteiger charge is -2.19. The summed E-state index contributed by atoms with van der Waals surface area (Å²) < 4.78 is 10.6. The first-order valence-electron chi connectivity index (χ1n) is 12.7. The van der Waals surface area contributed by atoms with Crippen molar-refractivity contribution in [2.24, 2.45) is 0 Å². The lowest BCUT2D eigenvalue weighted by atomic mass is 10.2. The number of para-hydroxylation sites is 1. The third-order valence-corrected chi connectivity index (χ3v) is 7.43. The molecule has 0 spiro atoms. The fraction of sp³-hybridized carbons (Fsp3) is 0.0938. The van der Waals surface area contributed by atoms with Crippen LogP contribution in [0.1, 0.15) is 15.9 Å². The fourth-order valence-electron chi connectivity index (χ4n) is 4.24. The van der Waals surface area contributed by atoms with Crippen LogP contribution in [0.15, 0.2) is 113 Å². The number of nitrogens with zero attached hydrogens (tertiary/aromatic N) is 1. The van der Waals surface area contributed by atoms with Crippen LogP contribution < -0.4 is 25.0 Å². The molecule has 41 heavy (non-hydrogen) atoms. The Labute approximate surface area is 242 Å². The van der Waals surface area contributed by atoms with Gasteiger partial charge in [0.1, 0.15) is 22.1 Å². The van der Waals surface area contributed by atoms with Gasteiger partial charge in [0.05, 0.1) is 19.9 Å². The molecular formula is C32H27N3O5S. The fourth-order valence-corrected chi connectivity index (χ4v) is 5.17. The van der Waals surface area contributed by atoms with Crippen LogP contribution in [-0.4, -0.2) is 31.9 Å². The van der Waals surface area contributed by atoms with E-state index in [2.05, 4.69) is 10.6 Å². The Hall–Kier alpha value is -5.02. The van der Waals surface area contributed by atoms with Crippen molar-refractivity contribution in [3.05, 3.63) is 119 Å². The van der Waals surface area contributed by atoms with Crippen molar-refractivity contribution < 1.29 is 23.9 Å². The number of rotatable bonds is 9. The molecule has 5 rings (SSSR count). The maximum Gasteiger partial charge on any atom is 0.283 e. The summed E-state index contributed by atoms with van der Waals surface area (Å²) in [5.74, 6) is -0.116. The maximum absolute atomic E-state index is 13.8. The van der Waals surface area contributed by atoms with Gasteiger partial charge in [-0.25, -0.2) is 4.90 Å². The largest absolute Gasteiger partial charge is 0.497 e. The zero-order valence-electron chi connectivity index (χ0n) is 22.6. The number of hydrogen-bond donors (Lipinski definition) is 2. The van der Waals surface area contributed by atoms with Gasteiger partial charge in [-0.15, -0.1) is 0 Å². The van der Waals surface area contributed by atoms with E-state index in [1.54, 1.807) is 67.8 Å². The van der Waals surface area contributed by atoms with Gasteiger partial charge in [0, 0.05) is 21.8 Å². The number of anilines is 3. The minimum absolute atomic E-state index is 0.173. The van der Waals surface area contributed by atoms with Gasteiger partial charge in [-0.05, 0) is 85.3 Å². The van der Waals surface area contributed by atoms with Gasteiger partial charge in [-0.3, -0.25) is 14.4 Å². The summed E-state index contributed by atoms with van der Waals surface area (Å²) in [5.41, 5.74) is 3.19. The second-order valence-corrected chi connectivity index (χ2v) is 10.2. The second kappa shape index (κ2) is 12.0. The van der Waals surface area contributed by atoms with Gasteiger partial charge in [0.2, 0.25) is 0 Å². The first-order valence-corrected chi connectivity index (χ1v) is 13.5. The van der Waals surface area contributed by atoms with Crippen LogP contribution in [-0.2, 0) is 9.59 Å². The lowest BCUT2D eigenvalue weighted by molar-refractivity contribution is -0.120. The average molecular weight is 566 g/mol. The smallest absolute Gasteiger partial charge is 0.283 e. The van der Waals surface area contributed by atoms with E-state index in [4.69, 9.17) is 9.47 Å². The van der Waals surface area contributed by atoms with Crippen LogP contribution in [0.5, 0.6) is 11.5 Å². The van der Waals surface area contributed by atoms with Crippen LogP contribution in [0.4, 0.5) is 17.1 Å². The zero-order chi connectivity index (χ0) is 28.9. The number of carbonyl (C=O) groups is 3. The molecule has 9 heteroatoms. The van der Waals surface area contributed by atoms with Crippen molar-refractivity contribution >= 4 is 46.5 Å². The van der Waals surface area contributed by atoms with Gasteiger partial charge < -0.3 is 20.1 Å². The van der Waals surface area contributed by atoms with E-state index in [9.17, 15) is 14.4 Å². The predicted molar refractivity (Wildman–Crippen MR) is 161 cm³/mol. The first-order chi connectivity index (χ1) is 19.9. The molecule has 1 heterocycles. The Morgan fingerprint density at radius 2 is 1.49 bits per heavy atom. The van der Waals surface area contributed by atoms with E-state index in [0.29, 0.717) is 39.0 Å². The number of hydrogen-bond acceptors (Lipinski definition) is 7. The van der Waals surface area contributed by atoms with E-state index in [-0.39, 0.29) is 16.5 Å². The van der Waals surface area contributed by atoms with Gasteiger partial charge in [-0.1, -0.05) is 36.0 Å². The molecule has 8 nitrogen and oxygen atoms in total. The summed E-state index contributed by atoms with van der Waals surface area (Å²) in [6.07, 6.45) is 0. The number of nitrogens with one attached hydrogen (secondary N) is 2. The van der Waals surface area contributed by atoms with Gasteiger partial charge in [0.25, 0.3) is 17.7 Å². The molecule has 0 saturated carbocycles. The highest BCUT2D eigenvalue weighted by atomic mass is 32.2. The van der Waals surface area contributed by atoms with Crippen molar-refractivity contribution in [1.82, 2.24) is 0 Å². The molecule has 0 fully saturated rings. The van der Waals surface area contributed by atoms with Gasteiger partial charge >= 0.3 is 0 Å². The lowest BCUT2D eigenvalue weighted by Crippen LogP contribution is -2.32. The quantitative estimate of drug-likeness (QED) is 0.232. The molecule has 2 N–H and O–H groups in total. The molecule has 1 aliphatic heterocycles. The molecule has 1 aliphatic rings. The molecule has 4 aromatic rings. The van der Waals surface area contributed by atoms with Crippen LogP contribution in [0.3, 0.4) is 0 Å². The van der Waals surface area contributed by atoms with E-state index in [1.165, 1.54) is 18.9 Å². The molecule has 0 atom stereocenters. The first kappa shape index (κ1) is 27.5. The van der Waals surface area contributed by atoms with Crippen molar-refractivity contribution in [2.45, 2.75) is 11.8 Å². The number of amides is 3. The Balaban J connectivity index is 1.41. The highest BCUT2D eigenvalue weighted by molar-refractivity contribution is 8.04. The Morgan fingerprint density at radius 1 is 0.780 bits per heavy atom. The van der Waals surface area contributed by atoms with E-state index >= 15 is 0 Å². The van der Waals surface area contributed by atoms with Crippen LogP contribution in [0, 0.1) is 6.92 Å². The monoisotopic (exact) mass is 565 g/mol. The molecule has 0 radical (unpaired) electrons. The van der Waals surface area contributed by atoms with Crippen LogP contribution in [0.2, 0.25) is 0 Å². The molecule has 0 aliphatic carbocycles. The molecule has 206 valence electrons. The summed E-state index contributed by atoms with van der Waals surface area (Å²) in [4.78, 5) is 42.2. The number of thioether (sulfide) groups is 1. The summed E-state index contributed by atoms with van der Waals surface area (Å²) in [7, 11) is 3.07. The number of ether oxygens (including phenoxy) is 2. The second-order valence-electron chi connectivity index (χ2n) is 9.13. The normalized spacial score (nSPS) is 12.9. The Bertz CT molecular complexity index is 1630. The summed E-state index contributed by atoms with van der Waals surface area (Å²) in [6, 6.07) is 28.4. The zero-order valence-corrected chi connectivity index (χ0v) is 23.5. The topological polar surface area (TPSA) is 97.0 Å². The minimum Gasteiger partial charge on any atom is -0.497 e. The molecule has 0 bridgehead atoms. The third kappa shape index (κ3) is 5.95. The standard InChI is InChI=1S/C32H27N3O5S/c1-20-9-18-27(40-3)26(19-20)35-31(37)28(33-22-7-5-4-6-8-22)29(32(35)38)41-25-16-12-23(13-17-25)34-30(36)21-10-14-24(39-2)15-11-21/h4-19,33H,1-3H3,(H,34,36).